The summed E-state index contributed by atoms with van der Waals surface area (Å²) in [4.78, 5) is 30.2. The fraction of sp³-hybridized carbons (Fsp3) is 0.0625. The topological polar surface area (TPSA) is 65.2 Å². The van der Waals surface area contributed by atoms with Crippen LogP contribution in [0.2, 0.25) is 5.02 Å². The van der Waals surface area contributed by atoms with E-state index in [2.05, 4.69) is 10.4 Å². The molecule has 186 valence electrons. The number of amides is 1. The van der Waals surface area contributed by atoms with Crippen molar-refractivity contribution in [2.45, 2.75) is 12.5 Å². The average Bonchev–Trinajstić information content (AvgIpc) is 3.39. The number of nitrogens with zero attached hydrogens (tertiary/aromatic N) is 1. The van der Waals surface area contributed by atoms with Crippen LogP contribution in [-0.2, 0) is 11.2 Å². The molecule has 1 aliphatic rings. The van der Waals surface area contributed by atoms with Crippen LogP contribution < -0.4 is 11.0 Å². The molecular formula is C32H24ClN3O2. The molecule has 0 saturated carbocycles. The predicted molar refractivity (Wildman–Crippen MR) is 152 cm³/mol. The fourth-order valence-corrected chi connectivity index (χ4v) is 5.18. The number of hydrogen-bond donors (Lipinski definition) is 2. The van der Waals surface area contributed by atoms with E-state index >= 15 is 0 Å². The number of pyridine rings is 1. The number of carbonyl (C=O) groups is 1. The van der Waals surface area contributed by atoms with Gasteiger partial charge in [0.1, 0.15) is 0 Å². The van der Waals surface area contributed by atoms with Crippen molar-refractivity contribution >= 4 is 34.1 Å². The van der Waals surface area contributed by atoms with Crippen LogP contribution in [-0.4, -0.2) is 15.9 Å². The summed E-state index contributed by atoms with van der Waals surface area (Å²) in [6, 6.07) is 34.3. The summed E-state index contributed by atoms with van der Waals surface area (Å²) in [6.45, 7) is 0. The summed E-state index contributed by atoms with van der Waals surface area (Å²) in [5.41, 5.74) is 8.28. The van der Waals surface area contributed by atoms with Crippen LogP contribution in [0.1, 0.15) is 22.7 Å². The minimum absolute atomic E-state index is 0.0992. The number of nitrogens with one attached hydrogen (secondary N) is 2. The lowest BCUT2D eigenvalue weighted by Crippen LogP contribution is -2.41. The average molecular weight is 518 g/mol. The van der Waals surface area contributed by atoms with Crippen molar-refractivity contribution in [2.75, 3.05) is 0 Å². The third-order valence-corrected chi connectivity index (χ3v) is 6.99. The van der Waals surface area contributed by atoms with Crippen LogP contribution >= 0.6 is 11.6 Å². The predicted octanol–water partition coefficient (Wildman–Crippen LogP) is 6.52. The van der Waals surface area contributed by atoms with Gasteiger partial charge in [0.25, 0.3) is 5.56 Å². The molecule has 1 atom stereocenters. The smallest absolute Gasteiger partial charge is 0.258 e. The molecule has 6 rings (SSSR count). The first-order valence-electron chi connectivity index (χ1n) is 12.4. The second-order valence-electron chi connectivity index (χ2n) is 9.23. The minimum Gasteiger partial charge on any atom is -0.321 e. The molecule has 0 radical (unpaired) electrons. The number of rotatable bonds is 5. The Bertz CT molecular complexity index is 1710. The quantitative estimate of drug-likeness (QED) is 0.279. The second-order valence-corrected chi connectivity index (χ2v) is 9.67. The minimum atomic E-state index is -0.388. The Morgan fingerprint density at radius 1 is 0.816 bits per heavy atom. The van der Waals surface area contributed by atoms with Gasteiger partial charge >= 0.3 is 0 Å². The second kappa shape index (κ2) is 10.0. The molecule has 5 nitrogen and oxygen atoms in total. The highest BCUT2D eigenvalue weighted by Crippen LogP contribution is 2.37. The summed E-state index contributed by atoms with van der Waals surface area (Å²) in [7, 11) is 0. The molecule has 1 aromatic heterocycles. The van der Waals surface area contributed by atoms with Gasteiger partial charge in [0, 0.05) is 21.5 Å². The van der Waals surface area contributed by atoms with E-state index in [1.807, 2.05) is 109 Å². The lowest BCUT2D eigenvalue weighted by atomic mass is 9.94. The first-order chi connectivity index (χ1) is 18.6. The third kappa shape index (κ3) is 4.49. The van der Waals surface area contributed by atoms with Crippen LogP contribution in [0.4, 0.5) is 0 Å². The van der Waals surface area contributed by atoms with E-state index in [1.165, 1.54) is 0 Å². The third-order valence-electron chi connectivity index (χ3n) is 6.76. The van der Waals surface area contributed by atoms with Gasteiger partial charge in [-0.05, 0) is 41.0 Å². The van der Waals surface area contributed by atoms with Gasteiger partial charge in [0.05, 0.1) is 23.7 Å². The molecule has 4 aromatic carbocycles. The Labute approximate surface area is 225 Å². The van der Waals surface area contributed by atoms with E-state index in [-0.39, 0.29) is 23.9 Å². The maximum Gasteiger partial charge on any atom is 0.258 e. The molecular weight excluding hydrogens is 494 g/mol. The van der Waals surface area contributed by atoms with Crippen LogP contribution in [0, 0.1) is 0 Å². The molecule has 2 N–H and O–H groups in total. The summed E-state index contributed by atoms with van der Waals surface area (Å²) in [6.07, 6.45) is 2.18. The summed E-state index contributed by atoms with van der Waals surface area (Å²) >= 11 is 6.40. The highest BCUT2D eigenvalue weighted by Gasteiger charge is 2.33. The van der Waals surface area contributed by atoms with Crippen molar-refractivity contribution in [3.05, 3.63) is 147 Å². The number of hydrazine groups is 1. The van der Waals surface area contributed by atoms with Gasteiger partial charge in [-0.15, -0.1) is 0 Å². The zero-order valence-corrected chi connectivity index (χ0v) is 21.2. The van der Waals surface area contributed by atoms with E-state index in [1.54, 1.807) is 11.1 Å². The number of benzene rings is 4. The van der Waals surface area contributed by atoms with E-state index in [9.17, 15) is 9.59 Å². The molecule has 38 heavy (non-hydrogen) atoms. The maximum absolute atomic E-state index is 13.6. The van der Waals surface area contributed by atoms with Gasteiger partial charge in [-0.3, -0.25) is 15.0 Å². The van der Waals surface area contributed by atoms with Gasteiger partial charge in [-0.2, -0.15) is 0 Å². The number of H-pyrrole nitrogens is 1. The van der Waals surface area contributed by atoms with E-state index < -0.39 is 0 Å². The SMILES string of the molecule is O=C(Cc1ccccc1)N1NC(c2c(-c3ccccc3)c3cc(Cl)ccc3[nH]c2=O)=C[C@H]1c1ccccc1. The van der Waals surface area contributed by atoms with Gasteiger partial charge in [-0.1, -0.05) is 103 Å². The van der Waals surface area contributed by atoms with Crippen molar-refractivity contribution in [1.82, 2.24) is 15.4 Å². The lowest BCUT2D eigenvalue weighted by Gasteiger charge is -2.26. The molecule has 0 fully saturated rings. The molecule has 1 aliphatic heterocycles. The molecule has 2 heterocycles. The first-order valence-corrected chi connectivity index (χ1v) is 12.8. The van der Waals surface area contributed by atoms with E-state index in [0.717, 1.165) is 27.6 Å². The zero-order valence-electron chi connectivity index (χ0n) is 20.4. The Hall–Kier alpha value is -4.61. The Morgan fingerprint density at radius 2 is 1.47 bits per heavy atom. The van der Waals surface area contributed by atoms with Gasteiger partial charge in [0.2, 0.25) is 5.91 Å². The molecule has 0 saturated heterocycles. The van der Waals surface area contributed by atoms with Crippen molar-refractivity contribution in [3.8, 4) is 11.1 Å². The van der Waals surface area contributed by atoms with Crippen molar-refractivity contribution < 1.29 is 4.79 Å². The molecule has 0 aliphatic carbocycles. The standard InChI is InChI=1S/C32H24ClN3O2/c33-24-16-17-26-25(19-24)30(23-14-8-3-9-15-23)31(32(38)34-26)27-20-28(22-12-6-2-7-13-22)36(35-27)29(37)18-21-10-4-1-5-11-21/h1-17,19-20,28,35H,18H2,(H,34,38)/t28-/m0/s1. The van der Waals surface area contributed by atoms with Crippen molar-refractivity contribution in [3.63, 3.8) is 0 Å². The summed E-state index contributed by atoms with van der Waals surface area (Å²) in [5.74, 6) is -0.0992. The van der Waals surface area contributed by atoms with Gasteiger partial charge < -0.3 is 4.98 Å². The first kappa shape index (κ1) is 23.8. The number of fused-ring (bicyclic) bond motifs is 1. The molecule has 0 unspecified atom stereocenters. The summed E-state index contributed by atoms with van der Waals surface area (Å²) < 4.78 is 0. The Balaban J connectivity index is 1.51. The lowest BCUT2D eigenvalue weighted by molar-refractivity contribution is -0.133. The van der Waals surface area contributed by atoms with Crippen LogP contribution in [0.3, 0.4) is 0 Å². The van der Waals surface area contributed by atoms with E-state index in [4.69, 9.17) is 11.6 Å². The Kier molecular flexibility index (Phi) is 6.28. The Morgan fingerprint density at radius 3 is 2.18 bits per heavy atom. The van der Waals surface area contributed by atoms with Crippen LogP contribution in [0.5, 0.6) is 0 Å². The number of aromatic amines is 1. The number of hydrogen-bond acceptors (Lipinski definition) is 3. The maximum atomic E-state index is 13.6. The van der Waals surface area contributed by atoms with Crippen LogP contribution in [0.15, 0.2) is 120 Å². The summed E-state index contributed by atoms with van der Waals surface area (Å²) in [5, 5.41) is 3.02. The normalized spacial score (nSPS) is 14.8. The number of aromatic nitrogens is 1. The van der Waals surface area contributed by atoms with Gasteiger partial charge in [0.15, 0.2) is 0 Å². The van der Waals surface area contributed by atoms with Crippen molar-refractivity contribution in [1.29, 1.82) is 0 Å². The van der Waals surface area contributed by atoms with Gasteiger partial charge in [-0.25, -0.2) is 5.01 Å². The monoisotopic (exact) mass is 517 g/mol. The molecule has 5 aromatic rings. The molecule has 0 bridgehead atoms. The van der Waals surface area contributed by atoms with E-state index in [0.29, 0.717) is 21.8 Å². The highest BCUT2D eigenvalue weighted by atomic mass is 35.5. The van der Waals surface area contributed by atoms with Crippen molar-refractivity contribution in [2.24, 2.45) is 0 Å². The number of halogens is 1. The molecule has 0 spiro atoms. The number of carbonyl (C=O) groups excluding carboxylic acids is 1. The zero-order chi connectivity index (χ0) is 26.1. The largest absolute Gasteiger partial charge is 0.321 e. The molecule has 1 amide bonds. The fourth-order valence-electron chi connectivity index (χ4n) is 5.00. The molecule has 6 heteroatoms. The highest BCUT2D eigenvalue weighted by molar-refractivity contribution is 6.31. The van der Waals surface area contributed by atoms with Crippen LogP contribution in [0.25, 0.3) is 27.7 Å².